The van der Waals surface area contributed by atoms with Gasteiger partial charge >= 0.3 is 17.9 Å². The molecule has 5 rings (SSSR count). The predicted molar refractivity (Wildman–Crippen MR) is 131 cm³/mol. The van der Waals surface area contributed by atoms with Crippen molar-refractivity contribution >= 4 is 29.5 Å². The Morgan fingerprint density at radius 3 is 2.39 bits per heavy atom. The van der Waals surface area contributed by atoms with Crippen molar-refractivity contribution in [2.45, 2.75) is 66.1 Å². The fraction of sp³-hybridized carbons (Fsp3) is 0.621. The van der Waals surface area contributed by atoms with Crippen molar-refractivity contribution in [2.24, 2.45) is 39.9 Å². The standard InChI is InChI=1S/C29H34O9/c1-14(30)37-21(26(34)35-6)22-27(2,3)23(32)17-11-16-18(29(22,5)24(17)33)7-9-28(4)19(16)12-20(31)38-25(28)15-8-10-36-13-15/h8,10-11,13,17-19,21-22,25H,7,9,12H2,1-6H3/t17-,18+,19+,21+,22+,25+,28-,29-/m0/s1. The van der Waals surface area contributed by atoms with Gasteiger partial charge in [-0.1, -0.05) is 39.3 Å². The third kappa shape index (κ3) is 3.46. The molecule has 38 heavy (non-hydrogen) atoms. The van der Waals surface area contributed by atoms with Crippen molar-refractivity contribution in [1.29, 1.82) is 0 Å². The number of Topliss-reactive ketones (excluding diaryl/α,β-unsaturated/α-hetero) is 2. The van der Waals surface area contributed by atoms with Crippen LogP contribution >= 0.6 is 0 Å². The maximum Gasteiger partial charge on any atom is 0.347 e. The first-order valence-electron chi connectivity index (χ1n) is 13.0. The number of esters is 3. The summed E-state index contributed by atoms with van der Waals surface area (Å²) < 4.78 is 21.6. The lowest BCUT2D eigenvalue weighted by Gasteiger charge is -2.62. The Balaban J connectivity index is 1.67. The molecule has 204 valence electrons. The fourth-order valence-corrected chi connectivity index (χ4v) is 8.20. The number of ketones is 2. The summed E-state index contributed by atoms with van der Waals surface area (Å²) in [7, 11) is 1.19. The van der Waals surface area contributed by atoms with Gasteiger partial charge in [0.1, 0.15) is 6.10 Å². The van der Waals surface area contributed by atoms with Crippen molar-refractivity contribution < 1.29 is 42.6 Å². The highest BCUT2D eigenvalue weighted by atomic mass is 16.6. The van der Waals surface area contributed by atoms with E-state index in [1.165, 1.54) is 14.0 Å². The Labute approximate surface area is 221 Å². The molecule has 2 heterocycles. The summed E-state index contributed by atoms with van der Waals surface area (Å²) in [5.41, 5.74) is -1.24. The molecule has 4 aliphatic rings. The van der Waals surface area contributed by atoms with E-state index in [1.807, 2.05) is 0 Å². The molecule has 0 N–H and O–H groups in total. The minimum atomic E-state index is -1.44. The molecule has 0 spiro atoms. The van der Waals surface area contributed by atoms with Gasteiger partial charge < -0.3 is 18.6 Å². The fourth-order valence-electron chi connectivity index (χ4n) is 8.20. The van der Waals surface area contributed by atoms with Crippen LogP contribution in [-0.2, 0) is 38.2 Å². The number of methoxy groups -OCH3 is 1. The van der Waals surface area contributed by atoms with E-state index in [0.29, 0.717) is 12.8 Å². The summed E-state index contributed by atoms with van der Waals surface area (Å²) in [5, 5.41) is 0. The SMILES string of the molecule is COC(=O)[C@H](OC(C)=O)[C@@H]1C(C)(C)C(=O)[C@@H]2C=C3[C@H]4CC(=O)O[C@H](c5ccoc5)[C@@]4(C)CC[C@H]3[C@]1(C)C2=O. The minimum absolute atomic E-state index is 0.122. The summed E-state index contributed by atoms with van der Waals surface area (Å²) >= 11 is 0. The van der Waals surface area contributed by atoms with Crippen LogP contribution < -0.4 is 0 Å². The quantitative estimate of drug-likeness (QED) is 0.249. The van der Waals surface area contributed by atoms with Gasteiger partial charge in [0.25, 0.3) is 0 Å². The van der Waals surface area contributed by atoms with Crippen LogP contribution in [0.3, 0.4) is 0 Å². The van der Waals surface area contributed by atoms with Gasteiger partial charge in [-0.2, -0.15) is 0 Å². The van der Waals surface area contributed by atoms with Crippen molar-refractivity contribution in [3.63, 3.8) is 0 Å². The number of fused-ring (bicyclic) bond motifs is 6. The Morgan fingerprint density at radius 2 is 1.79 bits per heavy atom. The van der Waals surface area contributed by atoms with Gasteiger partial charge in [0.05, 0.1) is 32.0 Å². The first-order valence-corrected chi connectivity index (χ1v) is 13.0. The number of hydrogen-bond acceptors (Lipinski definition) is 9. The number of ether oxygens (including phenoxy) is 3. The highest BCUT2D eigenvalue weighted by Crippen LogP contribution is 2.67. The molecule has 0 aromatic carbocycles. The predicted octanol–water partition coefficient (Wildman–Crippen LogP) is 3.76. The Kier molecular flexibility index (Phi) is 6.00. The van der Waals surface area contributed by atoms with Crippen LogP contribution in [0.4, 0.5) is 0 Å². The van der Waals surface area contributed by atoms with Gasteiger partial charge in [-0.15, -0.1) is 0 Å². The average Bonchev–Trinajstić information content (AvgIpc) is 3.38. The van der Waals surface area contributed by atoms with E-state index >= 15 is 0 Å². The number of carbonyl (C=O) groups is 5. The van der Waals surface area contributed by atoms with Crippen molar-refractivity contribution in [2.75, 3.05) is 7.11 Å². The molecule has 0 amide bonds. The molecule has 1 aromatic rings. The zero-order valence-electron chi connectivity index (χ0n) is 22.6. The second-order valence-electron chi connectivity index (χ2n) is 12.2. The Hall–Kier alpha value is -3.23. The van der Waals surface area contributed by atoms with Crippen LogP contribution in [0, 0.1) is 39.9 Å². The maximum absolute atomic E-state index is 14.1. The zero-order valence-corrected chi connectivity index (χ0v) is 22.6. The summed E-state index contributed by atoms with van der Waals surface area (Å²) in [6, 6.07) is 1.79. The van der Waals surface area contributed by atoms with E-state index in [9.17, 15) is 24.0 Å². The molecule has 2 saturated carbocycles. The van der Waals surface area contributed by atoms with Gasteiger partial charge in [0, 0.05) is 34.7 Å². The lowest BCUT2D eigenvalue weighted by atomic mass is 9.40. The van der Waals surface area contributed by atoms with E-state index in [1.54, 1.807) is 45.4 Å². The van der Waals surface area contributed by atoms with E-state index in [0.717, 1.165) is 11.1 Å². The second kappa shape index (κ2) is 8.64. The largest absolute Gasteiger partial charge is 0.472 e. The number of furan rings is 1. The molecule has 8 atom stereocenters. The number of hydrogen-bond donors (Lipinski definition) is 0. The van der Waals surface area contributed by atoms with Gasteiger partial charge in [0.15, 0.2) is 11.6 Å². The van der Waals surface area contributed by atoms with Crippen LogP contribution in [0.25, 0.3) is 0 Å². The Bertz CT molecular complexity index is 1240. The summed E-state index contributed by atoms with van der Waals surface area (Å²) in [6.45, 7) is 8.45. The van der Waals surface area contributed by atoms with Crippen LogP contribution in [0.1, 0.15) is 65.5 Å². The van der Waals surface area contributed by atoms with Crippen molar-refractivity contribution in [1.82, 2.24) is 0 Å². The van der Waals surface area contributed by atoms with E-state index in [-0.39, 0.29) is 35.8 Å². The number of carbonyl (C=O) groups excluding carboxylic acids is 5. The van der Waals surface area contributed by atoms with Crippen molar-refractivity contribution in [3.8, 4) is 0 Å². The highest BCUT2D eigenvalue weighted by Gasteiger charge is 2.70. The second-order valence-corrected chi connectivity index (χ2v) is 12.2. The molecule has 1 aliphatic heterocycles. The third-order valence-corrected chi connectivity index (χ3v) is 9.90. The van der Waals surface area contributed by atoms with Gasteiger partial charge in [-0.25, -0.2) is 4.79 Å². The van der Waals surface area contributed by atoms with Crippen LogP contribution in [-0.4, -0.2) is 42.7 Å². The number of cyclic esters (lactones) is 1. The van der Waals surface area contributed by atoms with Crippen LogP contribution in [0.2, 0.25) is 0 Å². The zero-order chi connectivity index (χ0) is 27.8. The molecule has 1 aromatic heterocycles. The Morgan fingerprint density at radius 1 is 1.08 bits per heavy atom. The first kappa shape index (κ1) is 26.4. The molecule has 9 nitrogen and oxygen atoms in total. The monoisotopic (exact) mass is 526 g/mol. The molecular formula is C29H34O9. The van der Waals surface area contributed by atoms with Crippen molar-refractivity contribution in [3.05, 3.63) is 35.8 Å². The third-order valence-electron chi connectivity index (χ3n) is 9.90. The average molecular weight is 527 g/mol. The molecule has 0 unspecified atom stereocenters. The highest BCUT2D eigenvalue weighted by molar-refractivity contribution is 6.13. The minimum Gasteiger partial charge on any atom is -0.472 e. The lowest BCUT2D eigenvalue weighted by Crippen LogP contribution is -2.68. The number of allylic oxidation sites excluding steroid dienone is 2. The molecule has 1 saturated heterocycles. The molecule has 3 fully saturated rings. The van der Waals surface area contributed by atoms with Crippen LogP contribution in [0.15, 0.2) is 34.7 Å². The summed E-state index contributed by atoms with van der Waals surface area (Å²) in [6.07, 6.45) is 4.24. The maximum atomic E-state index is 14.1. The molecule has 0 radical (unpaired) electrons. The van der Waals surface area contributed by atoms with Crippen LogP contribution in [0.5, 0.6) is 0 Å². The van der Waals surface area contributed by atoms with E-state index < -0.39 is 52.2 Å². The summed E-state index contributed by atoms with van der Waals surface area (Å²) in [4.78, 5) is 66.0. The lowest BCUT2D eigenvalue weighted by molar-refractivity contribution is -0.196. The van der Waals surface area contributed by atoms with E-state index in [2.05, 4.69) is 6.92 Å². The van der Waals surface area contributed by atoms with Gasteiger partial charge in [-0.05, 0) is 30.7 Å². The molecular weight excluding hydrogens is 492 g/mol. The van der Waals surface area contributed by atoms with E-state index in [4.69, 9.17) is 18.6 Å². The topological polar surface area (TPSA) is 126 Å². The summed E-state index contributed by atoms with van der Waals surface area (Å²) in [5.74, 6) is -5.11. The first-order chi connectivity index (χ1) is 17.8. The normalized spacial score (nSPS) is 38.2. The molecule has 2 bridgehead atoms. The number of rotatable bonds is 4. The molecule has 3 aliphatic carbocycles. The van der Waals surface area contributed by atoms with Gasteiger partial charge in [0.2, 0.25) is 6.10 Å². The smallest absolute Gasteiger partial charge is 0.347 e. The van der Waals surface area contributed by atoms with Gasteiger partial charge in [-0.3, -0.25) is 19.2 Å². The molecule has 9 heteroatoms.